The van der Waals surface area contributed by atoms with Crippen LogP contribution in [0.3, 0.4) is 0 Å². The van der Waals surface area contributed by atoms with Crippen molar-refractivity contribution in [3.8, 4) is 11.1 Å². The number of rotatable bonds is 6. The van der Waals surface area contributed by atoms with Crippen molar-refractivity contribution in [2.24, 2.45) is 0 Å². The standard InChI is InChI=1S/C29H27N3O3S/c33-29(24-13-11-23(12-14-24)22-7-2-1-3-8-22)31-26-15-17-27(18-16-26)36(34,35)32-20-5-4-10-28(32)25-9-6-19-30-21-25/h1-3,6-9,11-19,21,28H,4-5,10,20H2,(H,31,33). The lowest BCUT2D eigenvalue weighted by atomic mass is 9.99. The lowest BCUT2D eigenvalue weighted by Gasteiger charge is -2.34. The third kappa shape index (κ3) is 5.08. The van der Waals surface area contributed by atoms with E-state index in [2.05, 4.69) is 10.3 Å². The molecule has 1 unspecified atom stereocenters. The molecule has 1 fully saturated rings. The number of benzene rings is 3. The molecule has 182 valence electrons. The van der Waals surface area contributed by atoms with Crippen molar-refractivity contribution >= 4 is 21.6 Å². The van der Waals surface area contributed by atoms with Crippen molar-refractivity contribution in [2.75, 3.05) is 11.9 Å². The fraction of sp³-hybridized carbons (Fsp3) is 0.172. The molecule has 1 saturated heterocycles. The summed E-state index contributed by atoms with van der Waals surface area (Å²) in [5, 5.41) is 2.85. The topological polar surface area (TPSA) is 79.4 Å². The molecular weight excluding hydrogens is 470 g/mol. The molecule has 1 amide bonds. The summed E-state index contributed by atoms with van der Waals surface area (Å²) in [4.78, 5) is 17.1. The van der Waals surface area contributed by atoms with Crippen molar-refractivity contribution in [1.82, 2.24) is 9.29 Å². The number of carbonyl (C=O) groups excluding carboxylic acids is 1. The van der Waals surface area contributed by atoms with Crippen LogP contribution >= 0.6 is 0 Å². The molecule has 0 saturated carbocycles. The number of hydrogen-bond donors (Lipinski definition) is 1. The van der Waals surface area contributed by atoms with Crippen LogP contribution in [-0.2, 0) is 10.0 Å². The van der Waals surface area contributed by atoms with E-state index in [1.807, 2.05) is 54.6 Å². The number of piperidine rings is 1. The molecule has 1 atom stereocenters. The van der Waals surface area contributed by atoms with Crippen LogP contribution in [0.5, 0.6) is 0 Å². The van der Waals surface area contributed by atoms with E-state index in [-0.39, 0.29) is 16.8 Å². The second-order valence-electron chi connectivity index (χ2n) is 8.84. The maximum atomic E-state index is 13.5. The van der Waals surface area contributed by atoms with E-state index >= 15 is 0 Å². The van der Waals surface area contributed by atoms with E-state index in [0.29, 0.717) is 17.8 Å². The SMILES string of the molecule is O=C(Nc1ccc(S(=O)(=O)N2CCCCC2c2cccnc2)cc1)c1ccc(-c2ccccc2)cc1. The lowest BCUT2D eigenvalue weighted by Crippen LogP contribution is -2.38. The fourth-order valence-electron chi connectivity index (χ4n) is 4.59. The zero-order valence-corrected chi connectivity index (χ0v) is 20.6. The average molecular weight is 498 g/mol. The molecule has 0 bridgehead atoms. The molecule has 1 aromatic heterocycles. The van der Waals surface area contributed by atoms with Gasteiger partial charge in [0, 0.05) is 30.2 Å². The molecule has 7 heteroatoms. The Labute approximate surface area is 211 Å². The lowest BCUT2D eigenvalue weighted by molar-refractivity contribution is 0.102. The van der Waals surface area contributed by atoms with Gasteiger partial charge in [-0.2, -0.15) is 4.31 Å². The second-order valence-corrected chi connectivity index (χ2v) is 10.7. The summed E-state index contributed by atoms with van der Waals surface area (Å²) >= 11 is 0. The molecule has 4 aromatic rings. The number of pyridine rings is 1. The summed E-state index contributed by atoms with van der Waals surface area (Å²) in [5.41, 5.74) is 4.08. The monoisotopic (exact) mass is 497 g/mol. The third-order valence-corrected chi connectivity index (χ3v) is 8.42. The van der Waals surface area contributed by atoms with E-state index < -0.39 is 10.0 Å². The number of amides is 1. The first-order valence-corrected chi connectivity index (χ1v) is 13.4. The Balaban J connectivity index is 1.29. The van der Waals surface area contributed by atoms with Gasteiger partial charge in [0.25, 0.3) is 5.91 Å². The average Bonchev–Trinajstić information content (AvgIpc) is 2.94. The first-order valence-electron chi connectivity index (χ1n) is 12.0. The summed E-state index contributed by atoms with van der Waals surface area (Å²) in [5.74, 6) is -0.252. The third-order valence-electron chi connectivity index (χ3n) is 6.50. The smallest absolute Gasteiger partial charge is 0.255 e. The Hall–Kier alpha value is -3.81. The van der Waals surface area contributed by atoms with E-state index in [0.717, 1.165) is 36.0 Å². The van der Waals surface area contributed by atoms with Gasteiger partial charge in [-0.1, -0.05) is 55.0 Å². The van der Waals surface area contributed by atoms with Crippen molar-refractivity contribution in [3.63, 3.8) is 0 Å². The Morgan fingerprint density at radius 1 is 0.833 bits per heavy atom. The fourth-order valence-corrected chi connectivity index (χ4v) is 6.27. The molecule has 36 heavy (non-hydrogen) atoms. The van der Waals surface area contributed by atoms with Crippen molar-refractivity contribution in [3.05, 3.63) is 115 Å². The Morgan fingerprint density at radius 2 is 1.56 bits per heavy atom. The first-order chi connectivity index (χ1) is 17.5. The second kappa shape index (κ2) is 10.4. The Morgan fingerprint density at radius 3 is 2.25 bits per heavy atom. The van der Waals surface area contributed by atoms with Gasteiger partial charge in [-0.15, -0.1) is 0 Å². The van der Waals surface area contributed by atoms with Gasteiger partial charge in [0.05, 0.1) is 10.9 Å². The number of hydrogen-bond acceptors (Lipinski definition) is 4. The predicted octanol–water partition coefficient (Wildman–Crippen LogP) is 5.92. The minimum Gasteiger partial charge on any atom is -0.322 e. The molecule has 0 aliphatic carbocycles. The zero-order valence-electron chi connectivity index (χ0n) is 19.7. The number of anilines is 1. The molecule has 2 heterocycles. The van der Waals surface area contributed by atoms with E-state index in [4.69, 9.17) is 0 Å². The highest BCUT2D eigenvalue weighted by Crippen LogP contribution is 2.35. The van der Waals surface area contributed by atoms with Crippen LogP contribution in [0.25, 0.3) is 11.1 Å². The molecule has 5 rings (SSSR count). The first kappa shape index (κ1) is 23.9. The molecule has 1 aliphatic rings. The van der Waals surface area contributed by atoms with Gasteiger partial charge in [-0.05, 0) is 72.0 Å². The molecule has 0 radical (unpaired) electrons. The van der Waals surface area contributed by atoms with E-state index in [9.17, 15) is 13.2 Å². The number of sulfonamides is 1. The highest BCUT2D eigenvalue weighted by molar-refractivity contribution is 7.89. The Kier molecular flexibility index (Phi) is 6.93. The van der Waals surface area contributed by atoms with Crippen LogP contribution in [0.4, 0.5) is 5.69 Å². The molecule has 1 N–H and O–H groups in total. The van der Waals surface area contributed by atoms with Gasteiger partial charge < -0.3 is 5.32 Å². The van der Waals surface area contributed by atoms with Crippen LogP contribution in [0.1, 0.15) is 41.2 Å². The molecule has 3 aromatic carbocycles. The maximum Gasteiger partial charge on any atom is 0.255 e. The molecule has 6 nitrogen and oxygen atoms in total. The summed E-state index contributed by atoms with van der Waals surface area (Å²) in [6.45, 7) is 0.472. The van der Waals surface area contributed by atoms with E-state index in [1.54, 1.807) is 53.1 Å². The van der Waals surface area contributed by atoms with Gasteiger partial charge in [-0.25, -0.2) is 8.42 Å². The minimum absolute atomic E-state index is 0.212. The summed E-state index contributed by atoms with van der Waals surface area (Å²) in [7, 11) is -3.70. The van der Waals surface area contributed by atoms with Crippen LogP contribution in [0.2, 0.25) is 0 Å². The highest BCUT2D eigenvalue weighted by Gasteiger charge is 2.34. The van der Waals surface area contributed by atoms with Crippen LogP contribution in [0, 0.1) is 0 Å². The Bertz CT molecular complexity index is 1420. The number of nitrogens with zero attached hydrogens (tertiary/aromatic N) is 2. The van der Waals surface area contributed by atoms with Crippen LogP contribution in [0.15, 0.2) is 108 Å². The van der Waals surface area contributed by atoms with Crippen molar-refractivity contribution < 1.29 is 13.2 Å². The van der Waals surface area contributed by atoms with Crippen molar-refractivity contribution in [2.45, 2.75) is 30.2 Å². The van der Waals surface area contributed by atoms with Gasteiger partial charge in [0.1, 0.15) is 0 Å². The molecule has 0 spiro atoms. The van der Waals surface area contributed by atoms with Gasteiger partial charge in [-0.3, -0.25) is 9.78 Å². The zero-order chi connectivity index (χ0) is 25.0. The molecule has 1 aliphatic heterocycles. The maximum absolute atomic E-state index is 13.5. The summed E-state index contributed by atoms with van der Waals surface area (Å²) in [6.07, 6.45) is 6.00. The summed E-state index contributed by atoms with van der Waals surface area (Å²) < 4.78 is 28.6. The van der Waals surface area contributed by atoms with Crippen molar-refractivity contribution in [1.29, 1.82) is 0 Å². The van der Waals surface area contributed by atoms with Gasteiger partial charge >= 0.3 is 0 Å². The van der Waals surface area contributed by atoms with Crippen LogP contribution in [-0.4, -0.2) is 30.2 Å². The molecular formula is C29H27N3O3S. The normalized spacial score (nSPS) is 16.4. The quantitative estimate of drug-likeness (QED) is 0.359. The van der Waals surface area contributed by atoms with E-state index in [1.165, 1.54) is 0 Å². The number of aromatic nitrogens is 1. The van der Waals surface area contributed by atoms with Crippen LogP contribution < -0.4 is 5.32 Å². The van der Waals surface area contributed by atoms with Gasteiger partial charge in [0.2, 0.25) is 10.0 Å². The van der Waals surface area contributed by atoms with Gasteiger partial charge in [0.15, 0.2) is 0 Å². The highest BCUT2D eigenvalue weighted by atomic mass is 32.2. The number of nitrogens with one attached hydrogen (secondary N) is 1. The number of carbonyl (C=O) groups is 1. The minimum atomic E-state index is -3.70. The summed E-state index contributed by atoms with van der Waals surface area (Å²) in [6, 6.07) is 27.3. The largest absolute Gasteiger partial charge is 0.322 e. The predicted molar refractivity (Wildman–Crippen MR) is 141 cm³/mol.